The van der Waals surface area contributed by atoms with Crippen molar-refractivity contribution in [1.82, 2.24) is 74.4 Å². The second kappa shape index (κ2) is 50.0. The summed E-state index contributed by atoms with van der Waals surface area (Å²) in [7, 11) is 0. The number of benzene rings is 1. The number of carbonyl (C=O) groups excluding carboxylic acids is 14. The lowest BCUT2D eigenvalue weighted by Gasteiger charge is -2.29. The smallest absolute Gasteiger partial charge is 0.407 e. The Balaban J connectivity index is 2.34. The summed E-state index contributed by atoms with van der Waals surface area (Å²) in [5.41, 5.74) is 0.412. The second-order valence-corrected chi connectivity index (χ2v) is 36.4. The van der Waals surface area contributed by atoms with Crippen LogP contribution in [-0.4, -0.2) is 235 Å². The molecule has 1 saturated carbocycles. The molecule has 11 atom stereocenters. The zero-order valence-electron chi connectivity index (χ0n) is 60.6. The van der Waals surface area contributed by atoms with Gasteiger partial charge in [-0.2, -0.15) is 0 Å². The topological polar surface area (TPSA) is 485 Å². The van der Waals surface area contributed by atoms with E-state index >= 15 is 9.59 Å². The fraction of sp³-hybridized carbons (Fsp3) is 0.692. The van der Waals surface area contributed by atoms with Gasteiger partial charge in [-0.25, -0.2) is 19.2 Å². The number of halogens is 12. The molecule has 628 valence electrons. The van der Waals surface area contributed by atoms with E-state index in [1.54, 1.807) is 44.2 Å². The number of ether oxygens (including phenoxy) is 4. The number of aliphatic hydroxyl groups is 2. The first-order valence-electron chi connectivity index (χ1n) is 35.1. The maximum Gasteiger partial charge on any atom is 0.407 e. The number of rotatable bonds is 31. The highest BCUT2D eigenvalue weighted by molar-refractivity contribution is 6.69. The van der Waals surface area contributed by atoms with Gasteiger partial charge >= 0.3 is 24.4 Å². The molecule has 0 unspecified atom stereocenters. The molecule has 1 aromatic carbocycles. The number of alkyl halides is 12. The predicted molar refractivity (Wildman–Crippen MR) is 415 cm³/mol. The van der Waals surface area contributed by atoms with Crippen LogP contribution in [0.2, 0.25) is 0 Å². The van der Waals surface area contributed by atoms with Crippen LogP contribution in [0.1, 0.15) is 123 Å². The number of amides is 14. The van der Waals surface area contributed by atoms with E-state index in [0.717, 1.165) is 45.4 Å². The lowest BCUT2D eigenvalue weighted by molar-refractivity contribution is -0.136. The van der Waals surface area contributed by atoms with E-state index in [-0.39, 0.29) is 19.3 Å². The summed E-state index contributed by atoms with van der Waals surface area (Å²) in [6.45, 7) is -0.290. The summed E-state index contributed by atoms with van der Waals surface area (Å²) in [5, 5.41) is 56.1. The fourth-order valence-electron chi connectivity index (χ4n) is 10.9. The van der Waals surface area contributed by atoms with Gasteiger partial charge in [0.15, 0.2) is 0 Å². The number of hydrogen-bond acceptors (Lipinski definition) is 20. The molecule has 111 heavy (non-hydrogen) atoms. The summed E-state index contributed by atoms with van der Waals surface area (Å²) in [6.07, 6.45) is -5.32. The first-order valence-corrected chi connectivity index (χ1v) is 39.6. The molecule has 2 fully saturated rings. The second-order valence-electron chi connectivity index (χ2n) is 26.4. The third-order valence-corrected chi connectivity index (χ3v) is 17.6. The van der Waals surface area contributed by atoms with Crippen molar-refractivity contribution in [3.05, 3.63) is 35.9 Å². The molecule has 1 aliphatic heterocycles. The van der Waals surface area contributed by atoms with Crippen LogP contribution in [-0.2, 0) is 73.3 Å². The van der Waals surface area contributed by atoms with E-state index in [4.69, 9.17) is 158 Å². The van der Waals surface area contributed by atoms with Crippen molar-refractivity contribution < 1.29 is 96.3 Å². The number of aliphatic hydroxyl groups excluding tert-OH is 2. The summed E-state index contributed by atoms with van der Waals surface area (Å²) in [6, 6.07) is -8.32. The van der Waals surface area contributed by atoms with Crippen molar-refractivity contribution >= 4 is 223 Å². The minimum absolute atomic E-state index is 0.0340. The third-order valence-electron chi connectivity index (χ3n) is 16.3. The van der Waals surface area contributed by atoms with Gasteiger partial charge in [0.05, 0.1) is 12.2 Å². The Bertz CT molecular complexity index is 3240. The first-order chi connectivity index (χ1) is 51.8. The van der Waals surface area contributed by atoms with E-state index in [0.29, 0.717) is 17.9 Å². The van der Waals surface area contributed by atoms with Crippen LogP contribution in [0.5, 0.6) is 0 Å². The Hall–Kier alpha value is -5.60. The molecule has 0 radical (unpaired) electrons. The van der Waals surface area contributed by atoms with E-state index in [9.17, 15) is 67.7 Å². The molecule has 0 bridgehead atoms. The normalized spacial score (nSPS) is 21.0. The molecule has 14 amide bonds. The Morgan fingerprint density at radius 2 is 0.901 bits per heavy atom. The molecular weight excluding hydrogens is 1720 g/mol. The van der Waals surface area contributed by atoms with Gasteiger partial charge in [-0.3, -0.25) is 47.9 Å². The number of alkyl carbamates (subject to hydrolysis) is 4. The minimum atomic E-state index is -2.09. The molecule has 16 N–H and O–H groups in total. The highest BCUT2D eigenvalue weighted by Gasteiger charge is 2.39. The molecule has 3 rings (SSSR count). The van der Waals surface area contributed by atoms with Crippen LogP contribution in [0.15, 0.2) is 30.3 Å². The number of nitrogens with one attached hydrogen (secondary N) is 14. The molecule has 34 nitrogen and oxygen atoms in total. The highest BCUT2D eigenvalue weighted by atomic mass is 35.6. The number of carbonyl (C=O) groups is 14. The van der Waals surface area contributed by atoms with Crippen LogP contribution >= 0.6 is 139 Å². The Morgan fingerprint density at radius 3 is 1.34 bits per heavy atom. The van der Waals surface area contributed by atoms with Gasteiger partial charge in [0, 0.05) is 45.6 Å². The third kappa shape index (κ3) is 43.6. The van der Waals surface area contributed by atoms with Gasteiger partial charge in [0.1, 0.15) is 80.8 Å². The van der Waals surface area contributed by atoms with Gasteiger partial charge < -0.3 is 104 Å². The predicted octanol–water partition coefficient (Wildman–Crippen LogP) is 4.62. The summed E-state index contributed by atoms with van der Waals surface area (Å²) in [5.74, 6) is -11.3. The maximum atomic E-state index is 15.2. The summed E-state index contributed by atoms with van der Waals surface area (Å²) in [4.78, 5) is 198. The minimum Gasteiger partial charge on any atom is -0.445 e. The standard InChI is InChI=1S/C65H94Cl12N14O20/c1-34(2)28-44-54(100)86-40(19-24-79-58(104)108-30-62(66,67)68)50(96)85-43(22-27-82-61(107)111-33-65(75,76)77)53(99)91-47(35(3)92)56(102)78-23-18-39(49(95)84-41(20-25-80-59(105)109-31-63(69,70)71)52(98)89-45(55(101)88-44)29-38-14-9-6-10-15-38)83-51(97)42(21-26-81-60(106)110-32-64(72,73)74)87-57(103)48(36(4)93)90-46(94)17-11-16-37-12-7-5-8-13-37/h6,9-10,14-15,34-37,39-45,47-48,92-93H,5,7-8,11-13,16-33H2,1-4H3,(H,78,102)(H,79,104)(H,80,105)(H,81,106)(H,82,107)(H,83,97)(H,84,95)(H,85,96)(H,86,100)(H,87,103)(H,88,101)(H,89,98)(H,90,94)(H,91,99)/t35-,36-,39+,40+,41+,42+,43+,44+,45-,47+,48+/m1/s1. The quantitative estimate of drug-likeness (QED) is 0.0356. The Labute approximate surface area is 701 Å². The van der Waals surface area contributed by atoms with Crippen molar-refractivity contribution in [2.75, 3.05) is 59.2 Å². The SMILES string of the molecule is CC(C)C[C@@H]1NC(=O)[C@@H](Cc2ccccc2)NC(=O)[C@H](CCNC(=O)OCC(Cl)(Cl)Cl)NC(=O)[C@@H](NC(=O)[C@H](CCNC(=O)OCC(Cl)(Cl)Cl)NC(=O)[C@@H](NC(=O)CCCC2CCCCC2)[C@@H](C)O)CCNC(=O)[C@H]([C@@H](C)O)NC(=O)[C@H](CCNC(=O)OCC(Cl)(Cl)Cl)NC(=O)[C@H](CCNC(=O)OCC(Cl)(Cl)Cl)NC1=O. The molecule has 2 aliphatic rings. The number of hydrogen-bond donors (Lipinski definition) is 16. The molecule has 1 saturated heterocycles. The fourth-order valence-corrected chi connectivity index (χ4v) is 11.5. The average molecular weight is 1820 g/mol. The van der Waals surface area contributed by atoms with Crippen molar-refractivity contribution in [1.29, 1.82) is 0 Å². The molecule has 0 spiro atoms. The maximum absolute atomic E-state index is 15.2. The van der Waals surface area contributed by atoms with Crippen molar-refractivity contribution in [2.24, 2.45) is 11.8 Å². The molecule has 0 aromatic heterocycles. The van der Waals surface area contributed by atoms with Crippen molar-refractivity contribution in [3.63, 3.8) is 0 Å². The van der Waals surface area contributed by atoms with E-state index in [1.807, 2.05) is 0 Å². The van der Waals surface area contributed by atoms with Gasteiger partial charge in [-0.05, 0) is 82.6 Å². The van der Waals surface area contributed by atoms with Crippen LogP contribution < -0.4 is 74.4 Å². The highest BCUT2D eigenvalue weighted by Crippen LogP contribution is 2.30. The van der Waals surface area contributed by atoms with Crippen LogP contribution in [0.25, 0.3) is 0 Å². The summed E-state index contributed by atoms with van der Waals surface area (Å²) < 4.78 is 11.5. The zero-order chi connectivity index (χ0) is 83.4. The van der Waals surface area contributed by atoms with Gasteiger partial charge in [0.2, 0.25) is 74.2 Å². The Kier molecular flexibility index (Phi) is 44.9. The molecular formula is C65H94Cl12N14O20. The van der Waals surface area contributed by atoms with Crippen molar-refractivity contribution in [2.45, 2.75) is 206 Å². The summed E-state index contributed by atoms with van der Waals surface area (Å²) >= 11 is 69.2. The van der Waals surface area contributed by atoms with E-state index < -0.39 is 262 Å². The van der Waals surface area contributed by atoms with Crippen LogP contribution in [0, 0.1) is 11.8 Å². The average Bonchev–Trinajstić information content (AvgIpc) is 1.25. The molecule has 1 aliphatic carbocycles. The van der Waals surface area contributed by atoms with E-state index in [2.05, 4.69) is 74.4 Å². The van der Waals surface area contributed by atoms with E-state index in [1.165, 1.54) is 6.92 Å². The lowest BCUT2D eigenvalue weighted by Crippen LogP contribution is -2.61. The first kappa shape index (κ1) is 99.6. The Morgan fingerprint density at radius 1 is 0.486 bits per heavy atom. The van der Waals surface area contributed by atoms with Gasteiger partial charge in [-0.1, -0.05) is 215 Å². The van der Waals surface area contributed by atoms with Crippen LogP contribution in [0.4, 0.5) is 19.2 Å². The van der Waals surface area contributed by atoms with Gasteiger partial charge in [-0.15, -0.1) is 0 Å². The zero-order valence-corrected chi connectivity index (χ0v) is 69.7. The molecule has 46 heteroatoms. The molecule has 1 aromatic rings. The molecule has 1 heterocycles. The monoisotopic (exact) mass is 1810 g/mol. The lowest BCUT2D eigenvalue weighted by atomic mass is 9.86. The van der Waals surface area contributed by atoms with Crippen molar-refractivity contribution in [3.8, 4) is 0 Å². The largest absolute Gasteiger partial charge is 0.445 e. The van der Waals surface area contributed by atoms with Gasteiger partial charge in [0.25, 0.3) is 0 Å². The van der Waals surface area contributed by atoms with Crippen LogP contribution in [0.3, 0.4) is 0 Å².